The number of fused-ring (bicyclic) bond motifs is 1. The van der Waals surface area contributed by atoms with Crippen LogP contribution < -0.4 is 19.3 Å². The van der Waals surface area contributed by atoms with Crippen molar-refractivity contribution in [2.75, 3.05) is 70.5 Å². The molecule has 25 heavy (non-hydrogen) atoms. The van der Waals surface area contributed by atoms with Gasteiger partial charge >= 0.3 is 0 Å². The Labute approximate surface area is 147 Å². The van der Waals surface area contributed by atoms with Gasteiger partial charge in [0.1, 0.15) is 5.82 Å². The lowest BCUT2D eigenvalue weighted by Crippen LogP contribution is -2.36. The van der Waals surface area contributed by atoms with Crippen molar-refractivity contribution in [2.45, 2.75) is 0 Å². The minimum atomic E-state index is 0.0676. The molecular formula is C18H25N3O4. The van der Waals surface area contributed by atoms with E-state index in [-0.39, 0.29) is 6.61 Å². The van der Waals surface area contributed by atoms with E-state index in [2.05, 4.69) is 9.88 Å². The molecule has 0 atom stereocenters. The zero-order valence-corrected chi connectivity index (χ0v) is 15.0. The zero-order valence-electron chi connectivity index (χ0n) is 15.0. The standard InChI is InChI=1S/C18H25N3O4/c1-20(6-9-22)18-13-4-5-15(23-2)17(24-3)16(13)14(12-19-18)21-7-10-25-11-8-21/h4-5,12,22H,6-11H2,1-3H3. The predicted molar refractivity (Wildman–Crippen MR) is 98.2 cm³/mol. The largest absolute Gasteiger partial charge is 0.493 e. The first-order valence-corrected chi connectivity index (χ1v) is 8.39. The fraction of sp³-hybridized carbons (Fsp3) is 0.500. The van der Waals surface area contributed by atoms with E-state index >= 15 is 0 Å². The number of methoxy groups -OCH3 is 2. The maximum Gasteiger partial charge on any atom is 0.170 e. The molecule has 0 saturated carbocycles. The molecule has 1 aliphatic heterocycles. The van der Waals surface area contributed by atoms with E-state index in [1.165, 1.54) is 0 Å². The number of morpholine rings is 1. The quantitative estimate of drug-likeness (QED) is 0.850. The van der Waals surface area contributed by atoms with Crippen LogP contribution >= 0.6 is 0 Å². The topological polar surface area (TPSA) is 67.3 Å². The Morgan fingerprint density at radius 2 is 2.00 bits per heavy atom. The summed E-state index contributed by atoms with van der Waals surface area (Å²) in [6.07, 6.45) is 1.87. The molecule has 0 unspecified atom stereocenters. The van der Waals surface area contributed by atoms with Gasteiger partial charge in [0.2, 0.25) is 0 Å². The lowest BCUT2D eigenvalue weighted by molar-refractivity contribution is 0.123. The number of ether oxygens (including phenoxy) is 3. The van der Waals surface area contributed by atoms with E-state index in [1.54, 1.807) is 14.2 Å². The smallest absolute Gasteiger partial charge is 0.170 e. The Hall–Kier alpha value is -2.25. The van der Waals surface area contributed by atoms with Crippen molar-refractivity contribution in [1.29, 1.82) is 0 Å². The van der Waals surface area contributed by atoms with Crippen LogP contribution in [0, 0.1) is 0 Å². The summed E-state index contributed by atoms with van der Waals surface area (Å²) in [5.74, 6) is 2.19. The van der Waals surface area contributed by atoms with Gasteiger partial charge in [0.25, 0.3) is 0 Å². The molecule has 0 bridgehead atoms. The third-order valence-electron chi connectivity index (χ3n) is 4.50. The monoisotopic (exact) mass is 347 g/mol. The van der Waals surface area contributed by atoms with E-state index in [1.807, 2.05) is 30.3 Å². The molecule has 1 saturated heterocycles. The van der Waals surface area contributed by atoms with Gasteiger partial charge in [0, 0.05) is 32.1 Å². The van der Waals surface area contributed by atoms with Crippen molar-refractivity contribution >= 4 is 22.3 Å². The summed E-state index contributed by atoms with van der Waals surface area (Å²) in [5.41, 5.74) is 1.01. The number of benzene rings is 1. The van der Waals surface area contributed by atoms with Gasteiger partial charge in [0.05, 0.1) is 51.3 Å². The number of anilines is 2. The summed E-state index contributed by atoms with van der Waals surface area (Å²) in [5, 5.41) is 11.2. The summed E-state index contributed by atoms with van der Waals surface area (Å²) >= 11 is 0. The number of aliphatic hydroxyl groups is 1. The van der Waals surface area contributed by atoms with Crippen LogP contribution in [0.25, 0.3) is 10.8 Å². The van der Waals surface area contributed by atoms with E-state index < -0.39 is 0 Å². The number of hydrogen-bond donors (Lipinski definition) is 1. The molecule has 1 aromatic heterocycles. The molecule has 1 N–H and O–H groups in total. The summed E-state index contributed by atoms with van der Waals surface area (Å²) in [4.78, 5) is 8.87. The van der Waals surface area contributed by atoms with Gasteiger partial charge in [0.15, 0.2) is 11.5 Å². The van der Waals surface area contributed by atoms with Crippen LogP contribution in [0.15, 0.2) is 18.3 Å². The lowest BCUT2D eigenvalue weighted by Gasteiger charge is -2.31. The van der Waals surface area contributed by atoms with Crippen molar-refractivity contribution in [1.82, 2.24) is 4.98 Å². The molecule has 7 nitrogen and oxygen atoms in total. The summed E-state index contributed by atoms with van der Waals surface area (Å²) in [6.45, 7) is 3.58. The number of hydrogen-bond acceptors (Lipinski definition) is 7. The molecule has 2 heterocycles. The second kappa shape index (κ2) is 7.76. The Morgan fingerprint density at radius 1 is 1.24 bits per heavy atom. The van der Waals surface area contributed by atoms with Crippen molar-refractivity contribution in [3.8, 4) is 11.5 Å². The normalized spacial score (nSPS) is 14.6. The Kier molecular flexibility index (Phi) is 5.45. The van der Waals surface area contributed by atoms with E-state index in [4.69, 9.17) is 14.2 Å². The van der Waals surface area contributed by atoms with E-state index in [0.717, 1.165) is 35.4 Å². The maximum atomic E-state index is 9.28. The Balaban J connectivity index is 2.23. The van der Waals surface area contributed by atoms with E-state index in [0.29, 0.717) is 31.3 Å². The first-order valence-electron chi connectivity index (χ1n) is 8.39. The molecular weight excluding hydrogens is 322 g/mol. The molecule has 7 heteroatoms. The SMILES string of the molecule is COc1ccc2c(N(C)CCO)ncc(N3CCOCC3)c2c1OC. The van der Waals surface area contributed by atoms with Crippen molar-refractivity contribution in [2.24, 2.45) is 0 Å². The molecule has 0 aliphatic carbocycles. The Morgan fingerprint density at radius 3 is 2.64 bits per heavy atom. The van der Waals surface area contributed by atoms with Crippen LogP contribution in [0.1, 0.15) is 0 Å². The van der Waals surface area contributed by atoms with Crippen LogP contribution in [0.2, 0.25) is 0 Å². The Bertz CT molecular complexity index is 732. The second-order valence-electron chi connectivity index (χ2n) is 5.94. The van der Waals surface area contributed by atoms with Gasteiger partial charge in [-0.3, -0.25) is 0 Å². The van der Waals surface area contributed by atoms with E-state index in [9.17, 15) is 5.11 Å². The van der Waals surface area contributed by atoms with Gasteiger partial charge in [-0.1, -0.05) is 0 Å². The summed E-state index contributed by atoms with van der Waals surface area (Å²) in [6, 6.07) is 3.89. The first-order chi connectivity index (χ1) is 12.2. The second-order valence-corrected chi connectivity index (χ2v) is 5.94. The average Bonchev–Trinajstić information content (AvgIpc) is 2.66. The third kappa shape index (κ3) is 3.29. The van der Waals surface area contributed by atoms with Crippen molar-refractivity contribution in [3.05, 3.63) is 18.3 Å². The van der Waals surface area contributed by atoms with Gasteiger partial charge < -0.3 is 29.1 Å². The van der Waals surface area contributed by atoms with Gasteiger partial charge in [-0.2, -0.15) is 0 Å². The molecule has 0 amide bonds. The van der Waals surface area contributed by atoms with Crippen LogP contribution in [0.5, 0.6) is 11.5 Å². The summed E-state index contributed by atoms with van der Waals surface area (Å²) in [7, 11) is 5.21. The summed E-state index contributed by atoms with van der Waals surface area (Å²) < 4.78 is 16.7. The van der Waals surface area contributed by atoms with Crippen LogP contribution in [-0.4, -0.2) is 70.8 Å². The number of aliphatic hydroxyl groups excluding tert-OH is 1. The minimum absolute atomic E-state index is 0.0676. The number of aromatic nitrogens is 1. The molecule has 0 radical (unpaired) electrons. The predicted octanol–water partition coefficient (Wildman–Crippen LogP) is 1.52. The fourth-order valence-corrected chi connectivity index (χ4v) is 3.23. The molecule has 136 valence electrons. The minimum Gasteiger partial charge on any atom is -0.493 e. The highest BCUT2D eigenvalue weighted by Gasteiger charge is 2.22. The van der Waals surface area contributed by atoms with Gasteiger partial charge in [-0.05, 0) is 12.1 Å². The highest BCUT2D eigenvalue weighted by atomic mass is 16.5. The fourth-order valence-electron chi connectivity index (χ4n) is 3.23. The number of likely N-dealkylation sites (N-methyl/N-ethyl adjacent to an activating group) is 1. The number of nitrogens with zero attached hydrogens (tertiary/aromatic N) is 3. The van der Waals surface area contributed by atoms with Crippen LogP contribution in [0.3, 0.4) is 0 Å². The van der Waals surface area contributed by atoms with Crippen LogP contribution in [0.4, 0.5) is 11.5 Å². The third-order valence-corrected chi connectivity index (χ3v) is 4.50. The molecule has 1 fully saturated rings. The van der Waals surface area contributed by atoms with Gasteiger partial charge in [-0.25, -0.2) is 4.98 Å². The van der Waals surface area contributed by atoms with Crippen molar-refractivity contribution < 1.29 is 19.3 Å². The molecule has 3 rings (SSSR count). The highest BCUT2D eigenvalue weighted by Crippen LogP contribution is 2.43. The zero-order chi connectivity index (χ0) is 17.8. The molecule has 1 aliphatic rings. The highest BCUT2D eigenvalue weighted by molar-refractivity contribution is 6.05. The molecule has 0 spiro atoms. The lowest BCUT2D eigenvalue weighted by atomic mass is 10.1. The molecule has 1 aromatic carbocycles. The first kappa shape index (κ1) is 17.6. The maximum absolute atomic E-state index is 9.28. The van der Waals surface area contributed by atoms with Gasteiger partial charge in [-0.15, -0.1) is 0 Å². The average molecular weight is 347 g/mol. The molecule has 2 aromatic rings. The van der Waals surface area contributed by atoms with Crippen molar-refractivity contribution in [3.63, 3.8) is 0 Å². The number of pyridine rings is 1. The van der Waals surface area contributed by atoms with Crippen LogP contribution in [-0.2, 0) is 4.74 Å². The number of rotatable bonds is 6.